The van der Waals surface area contributed by atoms with Crippen molar-refractivity contribution in [3.8, 4) is 0 Å². The van der Waals surface area contributed by atoms with E-state index in [2.05, 4.69) is 0 Å². The molecule has 1 aliphatic heterocycles. The monoisotopic (exact) mass is 162 g/mol. The molecule has 1 fully saturated rings. The summed E-state index contributed by atoms with van der Waals surface area (Å²) in [7, 11) is 0. The molecule has 1 heterocycles. The van der Waals surface area contributed by atoms with Gasteiger partial charge in [0.2, 0.25) is 0 Å². The second-order valence-corrected chi connectivity index (χ2v) is 3.11. The normalized spacial score (nSPS) is 31.1. The van der Waals surface area contributed by atoms with Crippen LogP contribution < -0.4 is 0 Å². The first kappa shape index (κ1) is 10.9. The number of hydrogen-bond acceptors (Lipinski definition) is 3. The zero-order chi connectivity index (χ0) is 7.78. The second-order valence-electron chi connectivity index (χ2n) is 3.11. The van der Waals surface area contributed by atoms with Gasteiger partial charge >= 0.3 is 0 Å². The van der Waals surface area contributed by atoms with E-state index < -0.39 is 11.9 Å². The van der Waals surface area contributed by atoms with Crippen LogP contribution in [0.4, 0.5) is 0 Å². The molecule has 2 atom stereocenters. The highest BCUT2D eigenvalue weighted by Gasteiger charge is 2.34. The first-order chi connectivity index (χ1) is 4.51. The molecule has 3 nitrogen and oxygen atoms in total. The van der Waals surface area contributed by atoms with Crippen LogP contribution in [0.5, 0.6) is 0 Å². The van der Waals surface area contributed by atoms with E-state index in [1.54, 1.807) is 6.92 Å². The molecule has 1 unspecified atom stereocenters. The van der Waals surface area contributed by atoms with Crippen molar-refractivity contribution in [1.82, 2.24) is 0 Å². The number of rotatable bonds is 1. The Balaban J connectivity index is 0.000001000. The Morgan fingerprint density at radius 3 is 2.27 bits per heavy atom. The zero-order valence-corrected chi connectivity index (χ0v) is 6.63. The summed E-state index contributed by atoms with van der Waals surface area (Å²) < 4.78 is 10.6. The third-order valence-electron chi connectivity index (χ3n) is 1.57. The van der Waals surface area contributed by atoms with Crippen LogP contribution in [-0.2, 0) is 9.47 Å². The largest absolute Gasteiger partial charge is 0.391 e. The maximum atomic E-state index is 9.08. The van der Waals surface area contributed by atoms with Crippen LogP contribution in [0.15, 0.2) is 0 Å². The second kappa shape index (κ2) is 3.52. The van der Waals surface area contributed by atoms with E-state index in [9.17, 15) is 0 Å². The summed E-state index contributed by atoms with van der Waals surface area (Å²) in [4.78, 5) is 0. The molecule has 1 rings (SSSR count). The summed E-state index contributed by atoms with van der Waals surface area (Å²) in [6.45, 7) is 5.88. The van der Waals surface area contributed by atoms with Crippen molar-refractivity contribution in [3.05, 3.63) is 0 Å². The van der Waals surface area contributed by atoms with Crippen LogP contribution in [0, 0.1) is 0 Å². The summed E-state index contributed by atoms with van der Waals surface area (Å²) in [6.07, 6.45) is -0.600. The van der Waals surface area contributed by atoms with Gasteiger partial charge in [-0.15, -0.1) is 0 Å². The van der Waals surface area contributed by atoms with Crippen LogP contribution in [0.2, 0.25) is 0 Å². The highest BCUT2D eigenvalue weighted by molar-refractivity contribution is 4.74. The molecule has 1 N–H and O–H groups in total. The lowest BCUT2D eigenvalue weighted by Crippen LogP contribution is -2.28. The van der Waals surface area contributed by atoms with Gasteiger partial charge in [0, 0.05) is 0 Å². The molecule has 0 amide bonds. The Hall–Kier alpha value is -0.120. The van der Waals surface area contributed by atoms with Crippen LogP contribution in [0.3, 0.4) is 0 Å². The minimum atomic E-state index is -0.512. The van der Waals surface area contributed by atoms with E-state index in [0.717, 1.165) is 0 Å². The van der Waals surface area contributed by atoms with Crippen molar-refractivity contribution < 1.29 is 14.6 Å². The summed E-state index contributed by atoms with van der Waals surface area (Å²) in [5.41, 5.74) is 0. The third kappa shape index (κ3) is 2.77. The average molecular weight is 162 g/mol. The minimum Gasteiger partial charge on any atom is -0.391 e. The maximum Gasteiger partial charge on any atom is 0.163 e. The van der Waals surface area contributed by atoms with Crippen molar-refractivity contribution in [1.29, 1.82) is 0 Å². The highest BCUT2D eigenvalue weighted by Crippen LogP contribution is 2.23. The summed E-state index contributed by atoms with van der Waals surface area (Å²) in [5.74, 6) is -0.512. The maximum absolute atomic E-state index is 9.08. The standard InChI is InChI=1S/C7H14O3.CH4/c1-5(8)6-4-9-7(2,3)10-6;/h5-6,8H,4H2,1-3H3;1H4/t5?,6-;/m1./s1. The molecule has 0 aliphatic carbocycles. The van der Waals surface area contributed by atoms with Gasteiger partial charge in [-0.2, -0.15) is 0 Å². The van der Waals surface area contributed by atoms with Gasteiger partial charge in [-0.05, 0) is 20.8 Å². The topological polar surface area (TPSA) is 38.7 Å². The van der Waals surface area contributed by atoms with Crippen LogP contribution in [0.25, 0.3) is 0 Å². The fourth-order valence-corrected chi connectivity index (χ4v) is 0.953. The molecule has 3 heteroatoms. The van der Waals surface area contributed by atoms with Gasteiger partial charge in [0.15, 0.2) is 5.79 Å². The number of aliphatic hydroxyl groups is 1. The fourth-order valence-electron chi connectivity index (χ4n) is 0.953. The van der Waals surface area contributed by atoms with E-state index in [1.165, 1.54) is 0 Å². The average Bonchev–Trinajstić information content (AvgIpc) is 2.10. The first-order valence-electron chi connectivity index (χ1n) is 3.51. The van der Waals surface area contributed by atoms with Crippen LogP contribution >= 0.6 is 0 Å². The molecule has 0 aromatic heterocycles. The van der Waals surface area contributed by atoms with Crippen molar-refractivity contribution in [2.24, 2.45) is 0 Å². The molecule has 68 valence electrons. The lowest BCUT2D eigenvalue weighted by Gasteiger charge is -2.17. The Labute approximate surface area is 68.3 Å². The Bertz CT molecular complexity index is 121. The van der Waals surface area contributed by atoms with E-state index in [4.69, 9.17) is 14.6 Å². The van der Waals surface area contributed by atoms with Crippen molar-refractivity contribution in [2.75, 3.05) is 6.61 Å². The lowest BCUT2D eigenvalue weighted by molar-refractivity contribution is -0.149. The molecule has 0 bridgehead atoms. The fraction of sp³-hybridized carbons (Fsp3) is 1.00. The Morgan fingerprint density at radius 1 is 1.55 bits per heavy atom. The summed E-state index contributed by atoms with van der Waals surface area (Å²) in [5, 5.41) is 9.08. The summed E-state index contributed by atoms with van der Waals surface area (Å²) in [6, 6.07) is 0. The lowest BCUT2D eigenvalue weighted by atomic mass is 10.2. The predicted octanol–water partition coefficient (Wildman–Crippen LogP) is 1.15. The van der Waals surface area contributed by atoms with Crippen molar-refractivity contribution in [2.45, 2.75) is 46.2 Å². The van der Waals surface area contributed by atoms with Gasteiger partial charge in [-0.3, -0.25) is 0 Å². The quantitative estimate of drug-likeness (QED) is 0.628. The molecule has 11 heavy (non-hydrogen) atoms. The first-order valence-corrected chi connectivity index (χ1v) is 3.51. The number of ether oxygens (including phenoxy) is 2. The molecule has 0 aromatic carbocycles. The van der Waals surface area contributed by atoms with Gasteiger partial charge in [0.25, 0.3) is 0 Å². The van der Waals surface area contributed by atoms with Crippen molar-refractivity contribution in [3.63, 3.8) is 0 Å². The Kier molecular flexibility index (Phi) is 3.48. The molecule has 0 saturated carbocycles. The highest BCUT2D eigenvalue weighted by atomic mass is 16.7. The third-order valence-corrected chi connectivity index (χ3v) is 1.57. The van der Waals surface area contributed by atoms with Gasteiger partial charge in [0.05, 0.1) is 12.7 Å². The molecular formula is C8H18O3. The zero-order valence-electron chi connectivity index (χ0n) is 6.63. The number of hydrogen-bond donors (Lipinski definition) is 1. The minimum absolute atomic E-state index is 0. The predicted molar refractivity (Wildman–Crippen MR) is 43.3 cm³/mol. The van der Waals surface area contributed by atoms with Crippen LogP contribution in [-0.4, -0.2) is 29.7 Å². The SMILES string of the molecule is C.CC(O)[C@H]1COC(C)(C)O1. The summed E-state index contributed by atoms with van der Waals surface area (Å²) >= 11 is 0. The molecule has 0 aromatic rings. The number of aliphatic hydroxyl groups excluding tert-OH is 1. The Morgan fingerprint density at radius 2 is 2.09 bits per heavy atom. The van der Waals surface area contributed by atoms with Gasteiger partial charge in [-0.1, -0.05) is 7.43 Å². The van der Waals surface area contributed by atoms with Crippen LogP contribution in [0.1, 0.15) is 28.2 Å². The molecule has 0 radical (unpaired) electrons. The molecule has 1 saturated heterocycles. The smallest absolute Gasteiger partial charge is 0.163 e. The van der Waals surface area contributed by atoms with Gasteiger partial charge < -0.3 is 14.6 Å². The molecule has 0 spiro atoms. The van der Waals surface area contributed by atoms with Crippen molar-refractivity contribution >= 4 is 0 Å². The van der Waals surface area contributed by atoms with E-state index in [-0.39, 0.29) is 13.5 Å². The van der Waals surface area contributed by atoms with Gasteiger partial charge in [-0.25, -0.2) is 0 Å². The van der Waals surface area contributed by atoms with E-state index in [0.29, 0.717) is 6.61 Å². The van der Waals surface area contributed by atoms with Gasteiger partial charge in [0.1, 0.15) is 6.10 Å². The molecular weight excluding hydrogens is 144 g/mol. The molecule has 1 aliphatic rings. The van der Waals surface area contributed by atoms with E-state index >= 15 is 0 Å². The van der Waals surface area contributed by atoms with E-state index in [1.807, 2.05) is 13.8 Å².